The lowest BCUT2D eigenvalue weighted by Gasteiger charge is -2.35. The maximum atomic E-state index is 12.9. The first-order chi connectivity index (χ1) is 11.5. The summed E-state index contributed by atoms with van der Waals surface area (Å²) >= 11 is 6.05. The summed E-state index contributed by atoms with van der Waals surface area (Å²) in [6, 6.07) is 11.2. The normalized spacial score (nSPS) is 16.3. The molecule has 1 aliphatic heterocycles. The van der Waals surface area contributed by atoms with Crippen molar-refractivity contribution in [3.8, 4) is 5.75 Å². The Balaban J connectivity index is 1.91. The number of carbonyl (C=O) groups is 1. The third-order valence-corrected chi connectivity index (χ3v) is 4.46. The van der Waals surface area contributed by atoms with Crippen LogP contribution < -0.4 is 15.0 Å². The van der Waals surface area contributed by atoms with Crippen molar-refractivity contribution in [2.24, 2.45) is 0 Å². The van der Waals surface area contributed by atoms with Gasteiger partial charge in [0, 0.05) is 10.7 Å². The fraction of sp³-hybridized carbons (Fsp3) is 0.316. The van der Waals surface area contributed by atoms with Crippen molar-refractivity contribution in [3.05, 3.63) is 52.5 Å². The number of anilines is 2. The molecule has 0 fully saturated rings. The largest absolute Gasteiger partial charge is 0.486 e. The second-order valence-corrected chi connectivity index (χ2v) is 6.56. The van der Waals surface area contributed by atoms with Crippen LogP contribution in [0.1, 0.15) is 24.5 Å². The van der Waals surface area contributed by atoms with Crippen molar-refractivity contribution in [2.75, 3.05) is 16.8 Å². The molecule has 0 unspecified atom stereocenters. The molecule has 2 amide bonds. The van der Waals surface area contributed by atoms with E-state index >= 15 is 0 Å². The lowest BCUT2D eigenvalue weighted by atomic mass is 10.1. The highest BCUT2D eigenvalue weighted by Gasteiger charge is 2.29. The molecule has 1 N–H and O–H groups in total. The zero-order valence-corrected chi connectivity index (χ0v) is 14.9. The van der Waals surface area contributed by atoms with Gasteiger partial charge in [-0.25, -0.2) is 4.79 Å². The molecule has 1 atom stereocenters. The van der Waals surface area contributed by atoms with Gasteiger partial charge < -0.3 is 10.1 Å². The van der Waals surface area contributed by atoms with Gasteiger partial charge in [-0.1, -0.05) is 30.7 Å². The second-order valence-electron chi connectivity index (χ2n) is 6.12. The third kappa shape index (κ3) is 3.34. The van der Waals surface area contributed by atoms with E-state index in [9.17, 15) is 4.79 Å². The average molecular weight is 345 g/mol. The van der Waals surface area contributed by atoms with Crippen LogP contribution in [-0.2, 0) is 0 Å². The molecule has 126 valence electrons. The summed E-state index contributed by atoms with van der Waals surface area (Å²) in [5.41, 5.74) is 3.58. The van der Waals surface area contributed by atoms with E-state index in [0.717, 1.165) is 34.7 Å². The van der Waals surface area contributed by atoms with Crippen LogP contribution in [0.5, 0.6) is 5.75 Å². The summed E-state index contributed by atoms with van der Waals surface area (Å²) < 4.78 is 5.97. The number of nitrogens with zero attached hydrogens (tertiary/aromatic N) is 1. The quantitative estimate of drug-likeness (QED) is 0.816. The Kier molecular flexibility index (Phi) is 4.67. The molecule has 0 aromatic heterocycles. The van der Waals surface area contributed by atoms with Gasteiger partial charge in [0.25, 0.3) is 0 Å². The number of urea groups is 1. The SMILES string of the molecule is CC[C@H]1CN(C(=O)Nc2cc(Cl)ccc2C)c2cc(C)ccc2O1. The van der Waals surface area contributed by atoms with Crippen LogP contribution in [-0.4, -0.2) is 18.7 Å². The van der Waals surface area contributed by atoms with E-state index in [4.69, 9.17) is 16.3 Å². The highest BCUT2D eigenvalue weighted by molar-refractivity contribution is 6.31. The number of aryl methyl sites for hydroxylation is 2. The Morgan fingerprint density at radius 1 is 1.29 bits per heavy atom. The van der Waals surface area contributed by atoms with Gasteiger partial charge >= 0.3 is 6.03 Å². The van der Waals surface area contributed by atoms with E-state index in [1.807, 2.05) is 44.2 Å². The minimum Gasteiger partial charge on any atom is -0.486 e. The topological polar surface area (TPSA) is 41.6 Å². The first-order valence-corrected chi connectivity index (χ1v) is 8.47. The smallest absolute Gasteiger partial charge is 0.326 e. The molecule has 1 aliphatic rings. The van der Waals surface area contributed by atoms with Crippen LogP contribution >= 0.6 is 11.6 Å². The number of fused-ring (bicyclic) bond motifs is 1. The number of rotatable bonds is 2. The number of nitrogens with one attached hydrogen (secondary N) is 1. The molecule has 0 spiro atoms. The maximum absolute atomic E-state index is 12.9. The minimum absolute atomic E-state index is 0.00795. The van der Waals surface area contributed by atoms with E-state index < -0.39 is 0 Å². The summed E-state index contributed by atoms with van der Waals surface area (Å²) in [6.45, 7) is 6.53. The third-order valence-electron chi connectivity index (χ3n) is 4.23. The molecule has 24 heavy (non-hydrogen) atoms. The minimum atomic E-state index is -0.172. The van der Waals surface area contributed by atoms with Crippen molar-refractivity contribution in [1.82, 2.24) is 0 Å². The Morgan fingerprint density at radius 2 is 2.08 bits per heavy atom. The summed E-state index contributed by atoms with van der Waals surface area (Å²) in [6.07, 6.45) is 0.833. The maximum Gasteiger partial charge on any atom is 0.326 e. The Bertz CT molecular complexity index is 776. The number of ether oxygens (including phenoxy) is 1. The molecular weight excluding hydrogens is 324 g/mol. The van der Waals surface area contributed by atoms with Gasteiger partial charge in [0.1, 0.15) is 11.9 Å². The molecule has 0 radical (unpaired) electrons. The molecule has 1 heterocycles. The molecule has 0 aliphatic carbocycles. The summed E-state index contributed by atoms with van der Waals surface area (Å²) in [7, 11) is 0. The van der Waals surface area contributed by atoms with Gasteiger partial charge in [0.15, 0.2) is 0 Å². The Morgan fingerprint density at radius 3 is 2.83 bits per heavy atom. The number of benzene rings is 2. The Labute approximate surface area is 147 Å². The average Bonchev–Trinajstić information content (AvgIpc) is 2.57. The zero-order chi connectivity index (χ0) is 17.3. The van der Waals surface area contributed by atoms with Crippen molar-refractivity contribution >= 4 is 29.0 Å². The lowest BCUT2D eigenvalue weighted by Crippen LogP contribution is -2.45. The van der Waals surface area contributed by atoms with Crippen LogP contribution in [0, 0.1) is 13.8 Å². The van der Waals surface area contributed by atoms with Crippen LogP contribution in [0.15, 0.2) is 36.4 Å². The number of halogens is 1. The highest BCUT2D eigenvalue weighted by Crippen LogP contribution is 2.35. The van der Waals surface area contributed by atoms with Gasteiger partial charge in [0.2, 0.25) is 0 Å². The van der Waals surface area contributed by atoms with Crippen molar-refractivity contribution in [2.45, 2.75) is 33.3 Å². The van der Waals surface area contributed by atoms with Crippen molar-refractivity contribution in [3.63, 3.8) is 0 Å². The molecule has 2 aromatic carbocycles. The number of amides is 2. The van der Waals surface area contributed by atoms with Gasteiger partial charge in [-0.3, -0.25) is 4.90 Å². The molecule has 0 saturated heterocycles. The highest BCUT2D eigenvalue weighted by atomic mass is 35.5. The number of hydrogen-bond acceptors (Lipinski definition) is 2. The van der Waals surface area contributed by atoms with Crippen LogP contribution in [0.4, 0.5) is 16.2 Å². The second kappa shape index (κ2) is 6.73. The summed E-state index contributed by atoms with van der Waals surface area (Å²) in [5.74, 6) is 0.747. The molecule has 3 rings (SSSR count). The monoisotopic (exact) mass is 344 g/mol. The van der Waals surface area contributed by atoms with E-state index in [-0.39, 0.29) is 12.1 Å². The fourth-order valence-electron chi connectivity index (χ4n) is 2.77. The lowest BCUT2D eigenvalue weighted by molar-refractivity contribution is 0.188. The van der Waals surface area contributed by atoms with E-state index in [0.29, 0.717) is 11.6 Å². The van der Waals surface area contributed by atoms with Crippen LogP contribution in [0.2, 0.25) is 5.02 Å². The number of carbonyl (C=O) groups excluding carboxylic acids is 1. The van der Waals surface area contributed by atoms with E-state index in [1.54, 1.807) is 11.0 Å². The zero-order valence-electron chi connectivity index (χ0n) is 14.1. The molecule has 0 saturated carbocycles. The Hall–Kier alpha value is -2.20. The standard InChI is InChI=1S/C19H21ClN2O2/c1-4-15-11-22(17-9-12(2)5-8-18(17)24-15)19(23)21-16-10-14(20)7-6-13(16)3/h5-10,15H,4,11H2,1-3H3,(H,21,23)/t15-/m0/s1. The van der Waals surface area contributed by atoms with Crippen LogP contribution in [0.3, 0.4) is 0 Å². The summed E-state index contributed by atoms with van der Waals surface area (Å²) in [4.78, 5) is 14.6. The van der Waals surface area contributed by atoms with Gasteiger partial charge in [0.05, 0.1) is 12.2 Å². The van der Waals surface area contributed by atoms with Crippen molar-refractivity contribution in [1.29, 1.82) is 0 Å². The predicted molar refractivity (Wildman–Crippen MR) is 98.4 cm³/mol. The van der Waals surface area contributed by atoms with Crippen LogP contribution in [0.25, 0.3) is 0 Å². The number of hydrogen-bond donors (Lipinski definition) is 1. The molecule has 4 nitrogen and oxygen atoms in total. The van der Waals surface area contributed by atoms with E-state index in [1.165, 1.54) is 0 Å². The molecule has 0 bridgehead atoms. The molecule has 2 aromatic rings. The van der Waals surface area contributed by atoms with Gasteiger partial charge in [-0.2, -0.15) is 0 Å². The predicted octanol–water partition coefficient (Wildman–Crippen LogP) is 5.17. The first kappa shape index (κ1) is 16.7. The molecular formula is C19H21ClN2O2. The fourth-order valence-corrected chi connectivity index (χ4v) is 2.95. The summed E-state index contributed by atoms with van der Waals surface area (Å²) in [5, 5.41) is 3.57. The molecule has 5 heteroatoms. The van der Waals surface area contributed by atoms with E-state index in [2.05, 4.69) is 12.2 Å². The van der Waals surface area contributed by atoms with Crippen molar-refractivity contribution < 1.29 is 9.53 Å². The van der Waals surface area contributed by atoms with Gasteiger partial charge in [-0.05, 0) is 55.7 Å². The van der Waals surface area contributed by atoms with Gasteiger partial charge in [-0.15, -0.1) is 0 Å². The first-order valence-electron chi connectivity index (χ1n) is 8.10.